The van der Waals surface area contributed by atoms with Gasteiger partial charge in [-0.2, -0.15) is 0 Å². The first-order valence-electron chi connectivity index (χ1n) is 8.89. The molecular formula is C21H25IN4OS. The van der Waals surface area contributed by atoms with Crippen LogP contribution in [0.25, 0.3) is 11.3 Å². The monoisotopic (exact) mass is 508 g/mol. The summed E-state index contributed by atoms with van der Waals surface area (Å²) in [5, 5.41) is 6.53. The number of hydrogen-bond donors (Lipinski definition) is 2. The summed E-state index contributed by atoms with van der Waals surface area (Å²) in [6.45, 7) is 3.37. The highest BCUT2D eigenvalue weighted by atomic mass is 127. The molecule has 0 bridgehead atoms. The molecule has 0 aliphatic heterocycles. The van der Waals surface area contributed by atoms with Gasteiger partial charge in [0.05, 0.1) is 12.7 Å². The third-order valence-electron chi connectivity index (χ3n) is 3.93. The number of aryl methyl sites for hydroxylation is 1. The third kappa shape index (κ3) is 6.87. The first-order chi connectivity index (χ1) is 13.2. The van der Waals surface area contributed by atoms with Crippen molar-refractivity contribution >= 4 is 41.7 Å². The van der Waals surface area contributed by atoms with Crippen molar-refractivity contribution in [2.24, 2.45) is 4.99 Å². The molecule has 0 unspecified atom stereocenters. The van der Waals surface area contributed by atoms with Crippen molar-refractivity contribution in [3.63, 3.8) is 0 Å². The Kier molecular flexibility index (Phi) is 9.36. The van der Waals surface area contributed by atoms with Crippen molar-refractivity contribution in [2.45, 2.75) is 18.4 Å². The number of benzene rings is 2. The molecule has 3 rings (SSSR count). The third-order valence-corrected chi connectivity index (χ3v) is 4.94. The van der Waals surface area contributed by atoms with Gasteiger partial charge in [-0.15, -0.1) is 35.7 Å². The molecule has 0 aliphatic carbocycles. The van der Waals surface area contributed by atoms with Gasteiger partial charge in [0.2, 0.25) is 5.89 Å². The van der Waals surface area contributed by atoms with Crippen molar-refractivity contribution < 1.29 is 4.42 Å². The smallest absolute Gasteiger partial charge is 0.214 e. The van der Waals surface area contributed by atoms with Gasteiger partial charge in [-0.25, -0.2) is 4.98 Å². The number of rotatable bonds is 7. The molecule has 0 atom stereocenters. The molecule has 3 aromatic rings. The Morgan fingerprint density at radius 1 is 1.07 bits per heavy atom. The van der Waals surface area contributed by atoms with Gasteiger partial charge < -0.3 is 15.1 Å². The Balaban J connectivity index is 0.00000280. The molecule has 2 N–H and O–H groups in total. The van der Waals surface area contributed by atoms with E-state index in [0.717, 1.165) is 29.6 Å². The topological polar surface area (TPSA) is 62.5 Å². The van der Waals surface area contributed by atoms with E-state index in [1.807, 2.05) is 30.0 Å². The van der Waals surface area contributed by atoms with Gasteiger partial charge in [0.15, 0.2) is 11.7 Å². The molecule has 0 radical (unpaired) electrons. The maximum atomic E-state index is 5.83. The summed E-state index contributed by atoms with van der Waals surface area (Å²) in [4.78, 5) is 9.85. The van der Waals surface area contributed by atoms with Crippen LogP contribution in [0.3, 0.4) is 0 Å². The molecule has 2 aromatic carbocycles. The van der Waals surface area contributed by atoms with Crippen molar-refractivity contribution in [1.29, 1.82) is 0 Å². The van der Waals surface area contributed by atoms with Gasteiger partial charge in [-0.05, 0) is 19.1 Å². The molecule has 148 valence electrons. The molecular weight excluding hydrogens is 483 g/mol. The number of aliphatic imine (C=N–C) groups is 1. The fraction of sp³-hybridized carbons (Fsp3) is 0.238. The summed E-state index contributed by atoms with van der Waals surface area (Å²) in [5.74, 6) is 3.10. The molecule has 28 heavy (non-hydrogen) atoms. The summed E-state index contributed by atoms with van der Waals surface area (Å²) in [7, 11) is 1.76. The van der Waals surface area contributed by atoms with E-state index in [4.69, 9.17) is 4.42 Å². The number of thioether (sulfide) groups is 1. The minimum absolute atomic E-state index is 0. The summed E-state index contributed by atoms with van der Waals surface area (Å²) >= 11 is 1.81. The van der Waals surface area contributed by atoms with E-state index >= 15 is 0 Å². The lowest BCUT2D eigenvalue weighted by atomic mass is 10.1. The lowest BCUT2D eigenvalue weighted by molar-refractivity contribution is 0.498. The predicted molar refractivity (Wildman–Crippen MR) is 127 cm³/mol. The average molecular weight is 508 g/mol. The predicted octanol–water partition coefficient (Wildman–Crippen LogP) is 4.73. The van der Waals surface area contributed by atoms with Crippen molar-refractivity contribution in [2.75, 3.05) is 19.3 Å². The maximum Gasteiger partial charge on any atom is 0.214 e. The van der Waals surface area contributed by atoms with E-state index in [9.17, 15) is 0 Å². The van der Waals surface area contributed by atoms with E-state index < -0.39 is 0 Å². The zero-order valence-corrected chi connectivity index (χ0v) is 19.2. The second-order valence-electron chi connectivity index (χ2n) is 6.00. The number of oxazole rings is 1. The summed E-state index contributed by atoms with van der Waals surface area (Å²) < 4.78 is 5.83. The first kappa shape index (κ1) is 22.3. The molecule has 0 spiro atoms. The van der Waals surface area contributed by atoms with Crippen LogP contribution in [0.1, 0.15) is 11.5 Å². The molecule has 5 nitrogen and oxygen atoms in total. The van der Waals surface area contributed by atoms with Gasteiger partial charge in [-0.1, -0.05) is 48.0 Å². The van der Waals surface area contributed by atoms with Crippen LogP contribution in [0.15, 0.2) is 75.1 Å². The minimum Gasteiger partial charge on any atom is -0.439 e. The summed E-state index contributed by atoms with van der Waals surface area (Å²) in [6, 6.07) is 18.6. The lowest BCUT2D eigenvalue weighted by Crippen LogP contribution is -2.38. The first-order valence-corrected chi connectivity index (χ1v) is 9.87. The Bertz CT molecular complexity index is 866. The Hall–Kier alpha value is -2.00. The van der Waals surface area contributed by atoms with Crippen LogP contribution in [-0.2, 0) is 6.54 Å². The molecule has 0 fully saturated rings. The van der Waals surface area contributed by atoms with Crippen LogP contribution >= 0.6 is 35.7 Å². The molecule has 0 saturated heterocycles. The lowest BCUT2D eigenvalue weighted by Gasteiger charge is -2.10. The zero-order valence-electron chi connectivity index (χ0n) is 16.0. The molecule has 0 saturated carbocycles. The highest BCUT2D eigenvalue weighted by Crippen LogP contribution is 2.20. The van der Waals surface area contributed by atoms with Crippen LogP contribution in [0, 0.1) is 6.92 Å². The second kappa shape index (κ2) is 11.8. The number of hydrogen-bond acceptors (Lipinski definition) is 4. The average Bonchev–Trinajstić information content (AvgIpc) is 3.18. The quantitative estimate of drug-likeness (QED) is 0.159. The Labute approximate surface area is 187 Å². The van der Waals surface area contributed by atoms with Gasteiger partial charge in [-0.3, -0.25) is 4.99 Å². The van der Waals surface area contributed by atoms with Crippen LogP contribution in [0.2, 0.25) is 0 Å². The highest BCUT2D eigenvalue weighted by molar-refractivity contribution is 14.0. The number of guanidine groups is 1. The standard InChI is InChI=1S/C21H24N4OS.HI/c1-16-8-10-17(11-9-16)19-14-24-20(26-19)15-25-21(22-2)23-12-13-27-18-6-4-3-5-7-18;/h3-11,14H,12-13,15H2,1-2H3,(H2,22,23,25);1H. The summed E-state index contributed by atoms with van der Waals surface area (Å²) in [6.07, 6.45) is 1.76. The number of nitrogens with one attached hydrogen (secondary N) is 2. The molecule has 1 aromatic heterocycles. The molecule has 7 heteroatoms. The second-order valence-corrected chi connectivity index (χ2v) is 7.17. The van der Waals surface area contributed by atoms with Crippen LogP contribution < -0.4 is 10.6 Å². The molecule has 0 aliphatic rings. The Morgan fingerprint density at radius 3 is 2.54 bits per heavy atom. The van der Waals surface area contributed by atoms with E-state index in [-0.39, 0.29) is 24.0 Å². The van der Waals surface area contributed by atoms with Gasteiger partial charge in [0.1, 0.15) is 0 Å². The maximum absolute atomic E-state index is 5.83. The Morgan fingerprint density at radius 2 is 1.82 bits per heavy atom. The van der Waals surface area contributed by atoms with Crippen molar-refractivity contribution in [3.05, 3.63) is 72.2 Å². The molecule has 1 heterocycles. The fourth-order valence-electron chi connectivity index (χ4n) is 2.48. The van der Waals surface area contributed by atoms with E-state index in [1.54, 1.807) is 13.2 Å². The number of aromatic nitrogens is 1. The fourth-order valence-corrected chi connectivity index (χ4v) is 3.27. The van der Waals surface area contributed by atoms with Gasteiger partial charge >= 0.3 is 0 Å². The summed E-state index contributed by atoms with van der Waals surface area (Å²) in [5.41, 5.74) is 2.25. The minimum atomic E-state index is 0. The number of halogens is 1. The van der Waals surface area contributed by atoms with Crippen LogP contribution in [-0.4, -0.2) is 30.3 Å². The van der Waals surface area contributed by atoms with Gasteiger partial charge in [0.25, 0.3) is 0 Å². The van der Waals surface area contributed by atoms with Gasteiger partial charge in [0, 0.05) is 29.8 Å². The van der Waals surface area contributed by atoms with E-state index in [2.05, 4.69) is 63.9 Å². The SMILES string of the molecule is CN=C(NCCSc1ccccc1)NCc1ncc(-c2ccc(C)cc2)o1.I. The number of nitrogens with zero attached hydrogens (tertiary/aromatic N) is 2. The van der Waals surface area contributed by atoms with Crippen molar-refractivity contribution in [1.82, 2.24) is 15.6 Å². The largest absolute Gasteiger partial charge is 0.439 e. The zero-order chi connectivity index (χ0) is 18.9. The molecule has 0 amide bonds. The van der Waals surface area contributed by atoms with E-state index in [1.165, 1.54) is 10.5 Å². The highest BCUT2D eigenvalue weighted by Gasteiger charge is 2.07. The normalized spacial score (nSPS) is 11.0. The van der Waals surface area contributed by atoms with Crippen molar-refractivity contribution in [3.8, 4) is 11.3 Å². The van der Waals surface area contributed by atoms with E-state index in [0.29, 0.717) is 12.4 Å². The van der Waals surface area contributed by atoms with Crippen LogP contribution in [0.4, 0.5) is 0 Å². The van der Waals surface area contributed by atoms with Crippen LogP contribution in [0.5, 0.6) is 0 Å².